The smallest absolute Gasteiger partial charge is 0.319 e. The Bertz CT molecular complexity index is 691. The van der Waals surface area contributed by atoms with Crippen molar-refractivity contribution in [2.75, 3.05) is 32.7 Å². The van der Waals surface area contributed by atoms with E-state index in [-0.39, 0.29) is 18.6 Å². The molecule has 1 unspecified atom stereocenters. The molecular formula is C20H26N2O4. The first-order chi connectivity index (χ1) is 12.7. The molecule has 0 heterocycles. The van der Waals surface area contributed by atoms with E-state index in [4.69, 9.17) is 9.47 Å². The molecule has 140 valence electrons. The van der Waals surface area contributed by atoms with Crippen LogP contribution in [0.2, 0.25) is 0 Å². The van der Waals surface area contributed by atoms with Gasteiger partial charge in [-0.25, -0.2) is 4.79 Å². The topological polar surface area (TPSA) is 79.8 Å². The predicted molar refractivity (Wildman–Crippen MR) is 102 cm³/mol. The lowest BCUT2D eigenvalue weighted by molar-refractivity contribution is 0.250. The molecule has 3 N–H and O–H groups in total. The second-order valence-corrected chi connectivity index (χ2v) is 5.86. The molecule has 1 atom stereocenters. The molecule has 0 aliphatic rings. The van der Waals surface area contributed by atoms with Gasteiger partial charge < -0.3 is 25.2 Å². The maximum atomic E-state index is 12.2. The second-order valence-electron chi connectivity index (χ2n) is 5.86. The zero-order chi connectivity index (χ0) is 18.8. The van der Waals surface area contributed by atoms with Gasteiger partial charge in [0, 0.05) is 19.2 Å². The third kappa shape index (κ3) is 5.67. The molecule has 0 radical (unpaired) electrons. The lowest BCUT2D eigenvalue weighted by atomic mass is 9.93. The quantitative estimate of drug-likeness (QED) is 0.642. The van der Waals surface area contributed by atoms with Gasteiger partial charge in [0.1, 0.15) is 11.5 Å². The molecule has 2 rings (SSSR count). The number of carbonyl (C=O) groups excluding carboxylic acids is 1. The Morgan fingerprint density at radius 2 is 1.85 bits per heavy atom. The molecule has 6 heteroatoms. The van der Waals surface area contributed by atoms with Gasteiger partial charge in [-0.1, -0.05) is 30.3 Å². The van der Waals surface area contributed by atoms with E-state index in [1.54, 1.807) is 25.3 Å². The molecule has 0 bridgehead atoms. The van der Waals surface area contributed by atoms with Crippen molar-refractivity contribution in [1.29, 1.82) is 0 Å². The summed E-state index contributed by atoms with van der Waals surface area (Å²) in [5.74, 6) is 1.39. The first-order valence-electron chi connectivity index (χ1n) is 8.60. The number of hydrogen-bond donors (Lipinski definition) is 3. The average Bonchev–Trinajstić information content (AvgIpc) is 2.68. The lowest BCUT2D eigenvalue weighted by Crippen LogP contribution is -2.30. The number of aliphatic hydroxyl groups excluding tert-OH is 1. The summed E-state index contributed by atoms with van der Waals surface area (Å²) in [6.07, 6.45) is 1.41. The lowest BCUT2D eigenvalue weighted by Gasteiger charge is -2.17. The highest BCUT2D eigenvalue weighted by Crippen LogP contribution is 2.29. The van der Waals surface area contributed by atoms with Crippen molar-refractivity contribution >= 4 is 11.7 Å². The highest BCUT2D eigenvalue weighted by atomic mass is 16.5. The Morgan fingerprint density at radius 1 is 1.08 bits per heavy atom. The van der Waals surface area contributed by atoms with Crippen molar-refractivity contribution < 1.29 is 19.4 Å². The minimum Gasteiger partial charge on any atom is -0.497 e. The number of hydrogen-bond acceptors (Lipinski definition) is 4. The van der Waals surface area contributed by atoms with Crippen LogP contribution >= 0.6 is 0 Å². The Kier molecular flexibility index (Phi) is 7.76. The summed E-state index contributed by atoms with van der Waals surface area (Å²) in [4.78, 5) is 12.2. The van der Waals surface area contributed by atoms with Gasteiger partial charge in [0.25, 0.3) is 0 Å². The van der Waals surface area contributed by atoms with Crippen LogP contribution in [0.25, 0.3) is 0 Å². The standard InChI is InChI=1S/C20H26N2O4/c1-25-17-8-9-18(19(14-17)26-2)22-20(24)21-12-10-16(11-13-23)15-6-4-3-5-7-15/h3-9,14,16,23H,10-13H2,1-2H3,(H2,21,22,24). The predicted octanol–water partition coefficient (Wildman–Crippen LogP) is 3.38. The van der Waals surface area contributed by atoms with Gasteiger partial charge in [-0.2, -0.15) is 0 Å². The number of amides is 2. The van der Waals surface area contributed by atoms with E-state index in [1.807, 2.05) is 30.3 Å². The van der Waals surface area contributed by atoms with Gasteiger partial charge in [-0.05, 0) is 36.5 Å². The second kappa shape index (κ2) is 10.3. The van der Waals surface area contributed by atoms with Crippen molar-refractivity contribution in [3.8, 4) is 11.5 Å². The number of ether oxygens (including phenoxy) is 2. The van der Waals surface area contributed by atoms with Crippen LogP contribution < -0.4 is 20.1 Å². The Labute approximate surface area is 154 Å². The molecule has 2 aromatic carbocycles. The molecule has 6 nitrogen and oxygen atoms in total. The molecule has 2 amide bonds. The molecule has 0 saturated heterocycles. The third-order valence-electron chi connectivity index (χ3n) is 4.18. The maximum Gasteiger partial charge on any atom is 0.319 e. The fraction of sp³-hybridized carbons (Fsp3) is 0.350. The molecule has 2 aromatic rings. The van der Waals surface area contributed by atoms with Crippen LogP contribution in [-0.4, -0.2) is 38.5 Å². The summed E-state index contributed by atoms with van der Waals surface area (Å²) in [5.41, 5.74) is 1.74. The summed E-state index contributed by atoms with van der Waals surface area (Å²) in [7, 11) is 3.11. The fourth-order valence-electron chi connectivity index (χ4n) is 2.79. The number of aliphatic hydroxyl groups is 1. The number of nitrogens with one attached hydrogen (secondary N) is 2. The summed E-state index contributed by atoms with van der Waals surface area (Å²) < 4.78 is 10.4. The summed E-state index contributed by atoms with van der Waals surface area (Å²) in [6.45, 7) is 0.624. The van der Waals surface area contributed by atoms with Crippen molar-refractivity contribution in [3.63, 3.8) is 0 Å². The number of anilines is 1. The van der Waals surface area contributed by atoms with E-state index >= 15 is 0 Å². The van der Waals surface area contributed by atoms with Crippen LogP contribution in [0.1, 0.15) is 24.3 Å². The Hall–Kier alpha value is -2.73. The molecular weight excluding hydrogens is 332 g/mol. The number of rotatable bonds is 9. The molecule has 0 saturated carbocycles. The van der Waals surface area contributed by atoms with Gasteiger partial charge in [-0.15, -0.1) is 0 Å². The van der Waals surface area contributed by atoms with Crippen LogP contribution in [0.4, 0.5) is 10.5 Å². The van der Waals surface area contributed by atoms with Crippen LogP contribution in [0.5, 0.6) is 11.5 Å². The molecule has 26 heavy (non-hydrogen) atoms. The summed E-state index contributed by atoms with van der Waals surface area (Å²) >= 11 is 0. The van der Waals surface area contributed by atoms with E-state index in [1.165, 1.54) is 12.7 Å². The normalized spacial score (nSPS) is 11.5. The van der Waals surface area contributed by atoms with Crippen LogP contribution in [-0.2, 0) is 0 Å². The van der Waals surface area contributed by atoms with Gasteiger partial charge in [0.2, 0.25) is 0 Å². The molecule has 0 fully saturated rings. The van der Waals surface area contributed by atoms with Crippen LogP contribution in [0.15, 0.2) is 48.5 Å². The van der Waals surface area contributed by atoms with E-state index in [0.717, 1.165) is 6.42 Å². The molecule has 0 aliphatic carbocycles. The maximum absolute atomic E-state index is 12.2. The van der Waals surface area contributed by atoms with E-state index in [9.17, 15) is 9.90 Å². The SMILES string of the molecule is COc1ccc(NC(=O)NCCC(CCO)c2ccccc2)c(OC)c1. The average molecular weight is 358 g/mol. The minimum atomic E-state index is -0.302. The van der Waals surface area contributed by atoms with E-state index < -0.39 is 0 Å². The third-order valence-corrected chi connectivity index (χ3v) is 4.18. The van der Waals surface area contributed by atoms with Gasteiger partial charge >= 0.3 is 6.03 Å². The minimum absolute atomic E-state index is 0.120. The van der Waals surface area contributed by atoms with Gasteiger partial charge in [0.05, 0.1) is 19.9 Å². The fourth-order valence-corrected chi connectivity index (χ4v) is 2.79. The van der Waals surface area contributed by atoms with Crippen LogP contribution in [0, 0.1) is 0 Å². The Balaban J connectivity index is 1.88. The number of carbonyl (C=O) groups is 1. The van der Waals surface area contributed by atoms with Gasteiger partial charge in [-0.3, -0.25) is 0 Å². The monoisotopic (exact) mass is 358 g/mol. The highest BCUT2D eigenvalue weighted by molar-refractivity contribution is 5.91. The number of methoxy groups -OCH3 is 2. The summed E-state index contributed by atoms with van der Waals surface area (Å²) in [6, 6.07) is 14.9. The molecule has 0 aromatic heterocycles. The molecule has 0 spiro atoms. The van der Waals surface area contributed by atoms with Crippen molar-refractivity contribution in [2.24, 2.45) is 0 Å². The zero-order valence-electron chi connectivity index (χ0n) is 15.2. The summed E-state index contributed by atoms with van der Waals surface area (Å²) in [5, 5.41) is 14.9. The van der Waals surface area contributed by atoms with E-state index in [2.05, 4.69) is 10.6 Å². The Morgan fingerprint density at radius 3 is 2.50 bits per heavy atom. The number of urea groups is 1. The van der Waals surface area contributed by atoms with Crippen molar-refractivity contribution in [2.45, 2.75) is 18.8 Å². The zero-order valence-corrected chi connectivity index (χ0v) is 15.2. The van der Waals surface area contributed by atoms with Crippen molar-refractivity contribution in [1.82, 2.24) is 5.32 Å². The van der Waals surface area contributed by atoms with Crippen LogP contribution in [0.3, 0.4) is 0 Å². The molecule has 0 aliphatic heterocycles. The first kappa shape index (κ1) is 19.6. The number of benzene rings is 2. The van der Waals surface area contributed by atoms with Gasteiger partial charge in [0.15, 0.2) is 0 Å². The first-order valence-corrected chi connectivity index (χ1v) is 8.60. The van der Waals surface area contributed by atoms with E-state index in [0.29, 0.717) is 30.2 Å². The largest absolute Gasteiger partial charge is 0.497 e. The highest BCUT2D eigenvalue weighted by Gasteiger charge is 2.12. The van der Waals surface area contributed by atoms with Crippen molar-refractivity contribution in [3.05, 3.63) is 54.1 Å².